The summed E-state index contributed by atoms with van der Waals surface area (Å²) in [6, 6.07) is 12.5. The van der Waals surface area contributed by atoms with Crippen LogP contribution >= 0.6 is 11.8 Å². The molecule has 2 saturated heterocycles. The van der Waals surface area contributed by atoms with Gasteiger partial charge in [-0.1, -0.05) is 18.2 Å². The second-order valence-electron chi connectivity index (χ2n) is 7.38. The van der Waals surface area contributed by atoms with E-state index in [0.29, 0.717) is 37.3 Å². The molecule has 0 aliphatic carbocycles. The fraction of sp³-hybridized carbons (Fsp3) is 0.364. The lowest BCUT2D eigenvalue weighted by Crippen LogP contribution is -2.38. The van der Waals surface area contributed by atoms with Crippen LogP contribution < -0.4 is 4.90 Å². The molecule has 4 nitrogen and oxygen atoms in total. The molecule has 0 aromatic heterocycles. The van der Waals surface area contributed by atoms with Crippen molar-refractivity contribution in [3.05, 3.63) is 65.7 Å². The number of hydrogen-bond acceptors (Lipinski definition) is 3. The first-order valence-corrected chi connectivity index (χ1v) is 10.8. The summed E-state index contributed by atoms with van der Waals surface area (Å²) >= 11 is 1.67. The molecule has 29 heavy (non-hydrogen) atoms. The number of anilines is 1. The molecule has 7 heteroatoms. The quantitative estimate of drug-likeness (QED) is 0.759. The van der Waals surface area contributed by atoms with Gasteiger partial charge in [0, 0.05) is 48.3 Å². The van der Waals surface area contributed by atoms with Crippen molar-refractivity contribution in [1.29, 1.82) is 0 Å². The molecule has 2 fully saturated rings. The summed E-state index contributed by atoms with van der Waals surface area (Å²) in [5.74, 6) is -0.392. The molecular formula is C22H22F2N2O2S. The fourth-order valence-electron chi connectivity index (χ4n) is 3.98. The second kappa shape index (κ2) is 8.53. The van der Waals surface area contributed by atoms with Crippen molar-refractivity contribution in [1.82, 2.24) is 4.90 Å². The molecule has 2 amide bonds. The van der Waals surface area contributed by atoms with Gasteiger partial charge in [0.25, 0.3) is 0 Å². The lowest BCUT2D eigenvalue weighted by molar-refractivity contribution is -0.135. The summed E-state index contributed by atoms with van der Waals surface area (Å²) in [7, 11) is 0. The molecule has 0 spiro atoms. The van der Waals surface area contributed by atoms with E-state index < -0.39 is 5.92 Å². The van der Waals surface area contributed by atoms with Gasteiger partial charge < -0.3 is 9.80 Å². The maximum absolute atomic E-state index is 14.1. The Bertz CT molecular complexity index is 906. The van der Waals surface area contributed by atoms with Gasteiger partial charge in [0.2, 0.25) is 11.8 Å². The van der Waals surface area contributed by atoms with Gasteiger partial charge in [0.05, 0.1) is 5.92 Å². The van der Waals surface area contributed by atoms with E-state index in [9.17, 15) is 18.4 Å². The molecule has 2 aliphatic heterocycles. The van der Waals surface area contributed by atoms with Crippen molar-refractivity contribution in [3.63, 3.8) is 0 Å². The highest BCUT2D eigenvalue weighted by molar-refractivity contribution is 7.99. The molecule has 2 aromatic rings. The van der Waals surface area contributed by atoms with E-state index in [4.69, 9.17) is 0 Å². The highest BCUT2D eigenvalue weighted by atomic mass is 32.2. The van der Waals surface area contributed by atoms with E-state index in [0.717, 1.165) is 5.75 Å². The monoisotopic (exact) mass is 416 g/mol. The van der Waals surface area contributed by atoms with Crippen LogP contribution in [0.4, 0.5) is 14.5 Å². The molecule has 2 heterocycles. The standard InChI is InChI=1S/C22H22F2N2O2S/c23-16-5-7-17(8-6-16)26-14-15(13-21(26)27)22(28)25-10-9-20(29-12-11-25)18-3-1-2-4-19(18)24/h1-8,15,20H,9-14H2. The van der Waals surface area contributed by atoms with Gasteiger partial charge in [0.15, 0.2) is 0 Å². The van der Waals surface area contributed by atoms with Crippen LogP contribution in [0.1, 0.15) is 23.7 Å². The smallest absolute Gasteiger partial charge is 0.228 e. The highest BCUT2D eigenvalue weighted by Crippen LogP contribution is 2.36. The fourth-order valence-corrected chi connectivity index (χ4v) is 5.23. The molecule has 2 aliphatic rings. The zero-order valence-electron chi connectivity index (χ0n) is 15.9. The van der Waals surface area contributed by atoms with E-state index in [1.54, 1.807) is 45.8 Å². The number of amides is 2. The van der Waals surface area contributed by atoms with Crippen LogP contribution in [-0.4, -0.2) is 42.1 Å². The Labute approximate surface area is 172 Å². The zero-order chi connectivity index (χ0) is 20.4. The molecule has 2 atom stereocenters. The van der Waals surface area contributed by atoms with E-state index in [1.165, 1.54) is 18.2 Å². The minimum Gasteiger partial charge on any atom is -0.342 e. The number of halogens is 2. The predicted octanol–water partition coefficient (Wildman–Crippen LogP) is 4.02. The Morgan fingerprint density at radius 2 is 1.79 bits per heavy atom. The van der Waals surface area contributed by atoms with Crippen molar-refractivity contribution >= 4 is 29.3 Å². The van der Waals surface area contributed by atoms with Crippen LogP contribution in [0.5, 0.6) is 0 Å². The van der Waals surface area contributed by atoms with Crippen molar-refractivity contribution in [2.24, 2.45) is 5.92 Å². The molecule has 0 saturated carbocycles. The largest absolute Gasteiger partial charge is 0.342 e. The van der Waals surface area contributed by atoms with Crippen LogP contribution in [0, 0.1) is 17.6 Å². The molecule has 2 unspecified atom stereocenters. The van der Waals surface area contributed by atoms with Crippen LogP contribution in [0.3, 0.4) is 0 Å². The predicted molar refractivity (Wildman–Crippen MR) is 110 cm³/mol. The Morgan fingerprint density at radius 1 is 1.03 bits per heavy atom. The van der Waals surface area contributed by atoms with Crippen LogP contribution in [0.25, 0.3) is 0 Å². The first kappa shape index (κ1) is 19.9. The van der Waals surface area contributed by atoms with Crippen molar-refractivity contribution in [2.75, 3.05) is 30.3 Å². The summed E-state index contributed by atoms with van der Waals surface area (Å²) in [5, 5.41) is 0.0231. The minimum atomic E-state index is -0.400. The normalized spacial score (nSPS) is 22.6. The van der Waals surface area contributed by atoms with Crippen molar-refractivity contribution in [3.8, 4) is 0 Å². The summed E-state index contributed by atoms with van der Waals surface area (Å²) in [6.45, 7) is 1.45. The van der Waals surface area contributed by atoms with Gasteiger partial charge in [0.1, 0.15) is 11.6 Å². The number of hydrogen-bond donors (Lipinski definition) is 0. The van der Waals surface area contributed by atoms with E-state index in [1.807, 2.05) is 6.07 Å². The number of nitrogens with zero attached hydrogens (tertiary/aromatic N) is 2. The zero-order valence-corrected chi connectivity index (χ0v) is 16.7. The summed E-state index contributed by atoms with van der Waals surface area (Å²) in [5.41, 5.74) is 1.29. The third-order valence-electron chi connectivity index (χ3n) is 5.52. The number of carbonyl (C=O) groups is 2. The summed E-state index contributed by atoms with van der Waals surface area (Å²) in [4.78, 5) is 28.8. The Hall–Kier alpha value is -2.41. The number of rotatable bonds is 3. The molecule has 0 N–H and O–H groups in total. The van der Waals surface area contributed by atoms with E-state index in [2.05, 4.69) is 0 Å². The van der Waals surface area contributed by atoms with Gasteiger partial charge in [-0.3, -0.25) is 9.59 Å². The maximum Gasteiger partial charge on any atom is 0.228 e. The van der Waals surface area contributed by atoms with E-state index >= 15 is 0 Å². The number of benzene rings is 2. The summed E-state index contributed by atoms with van der Waals surface area (Å²) in [6.07, 6.45) is 0.844. The second-order valence-corrected chi connectivity index (χ2v) is 8.69. The van der Waals surface area contributed by atoms with Crippen LogP contribution in [0.15, 0.2) is 48.5 Å². The SMILES string of the molecule is O=C(C1CC(=O)N(c2ccc(F)cc2)C1)N1CCSC(c2ccccc2F)CC1. The maximum atomic E-state index is 14.1. The average Bonchev–Trinajstić information content (AvgIpc) is 2.95. The van der Waals surface area contributed by atoms with Crippen molar-refractivity contribution < 1.29 is 18.4 Å². The lowest BCUT2D eigenvalue weighted by Gasteiger charge is -2.24. The minimum absolute atomic E-state index is 0.0231. The van der Waals surface area contributed by atoms with Gasteiger partial charge in [-0.05, 0) is 36.8 Å². The first-order chi connectivity index (χ1) is 14.0. The molecular weight excluding hydrogens is 394 g/mol. The number of carbonyl (C=O) groups excluding carboxylic acids is 2. The molecule has 152 valence electrons. The van der Waals surface area contributed by atoms with Crippen LogP contribution in [0.2, 0.25) is 0 Å². The highest BCUT2D eigenvalue weighted by Gasteiger charge is 2.37. The Morgan fingerprint density at radius 3 is 2.55 bits per heavy atom. The van der Waals surface area contributed by atoms with Crippen molar-refractivity contribution in [2.45, 2.75) is 18.1 Å². The Kier molecular flexibility index (Phi) is 5.85. The molecule has 0 bridgehead atoms. The van der Waals surface area contributed by atoms with Crippen LogP contribution in [-0.2, 0) is 9.59 Å². The number of thioether (sulfide) groups is 1. The van der Waals surface area contributed by atoms with Gasteiger partial charge in [-0.15, -0.1) is 0 Å². The molecule has 2 aromatic carbocycles. The Balaban J connectivity index is 1.40. The molecule has 4 rings (SSSR count). The summed E-state index contributed by atoms with van der Waals surface area (Å²) < 4.78 is 27.3. The lowest BCUT2D eigenvalue weighted by atomic mass is 10.1. The van der Waals surface area contributed by atoms with Gasteiger partial charge in [-0.2, -0.15) is 11.8 Å². The molecule has 0 radical (unpaired) electrons. The van der Waals surface area contributed by atoms with Gasteiger partial charge >= 0.3 is 0 Å². The third-order valence-corrected chi connectivity index (χ3v) is 6.83. The van der Waals surface area contributed by atoms with Gasteiger partial charge in [-0.25, -0.2) is 8.78 Å². The topological polar surface area (TPSA) is 40.6 Å². The first-order valence-electron chi connectivity index (χ1n) is 9.73. The van der Waals surface area contributed by atoms with E-state index in [-0.39, 0.29) is 35.1 Å². The average molecular weight is 416 g/mol. The third kappa shape index (κ3) is 4.29.